The molecule has 0 unspecified atom stereocenters. The van der Waals surface area contributed by atoms with E-state index in [0.717, 1.165) is 24.5 Å². The second kappa shape index (κ2) is 8.97. The molecule has 0 saturated carbocycles. The minimum Gasteiger partial charge on any atom is -0.378 e. The molecule has 0 aliphatic carbocycles. The van der Waals surface area contributed by atoms with Crippen molar-refractivity contribution in [2.24, 2.45) is 0 Å². The maximum atomic E-state index is 13.0. The van der Waals surface area contributed by atoms with E-state index < -0.39 is 10.0 Å². The predicted octanol–water partition coefficient (Wildman–Crippen LogP) is 2.25. The molecular weight excluding hydrogens is 442 g/mol. The second-order valence-corrected chi connectivity index (χ2v) is 9.97. The topological polar surface area (TPSA) is 108 Å². The molecule has 2 aliphatic heterocycles. The van der Waals surface area contributed by atoms with E-state index in [4.69, 9.17) is 4.74 Å². The number of amides is 1. The van der Waals surface area contributed by atoms with Crippen LogP contribution in [0.3, 0.4) is 0 Å². The molecule has 2 N–H and O–H groups in total. The van der Waals surface area contributed by atoms with Gasteiger partial charge in [0.25, 0.3) is 5.91 Å². The molecule has 0 bridgehead atoms. The van der Waals surface area contributed by atoms with Crippen LogP contribution in [0.4, 0.5) is 11.5 Å². The molecule has 10 heteroatoms. The molecule has 5 rings (SSSR count). The van der Waals surface area contributed by atoms with Gasteiger partial charge < -0.3 is 15.0 Å². The standard InChI is InChI=1S/C23H25N5O4S/c29-23(17-6-8-18(9-7-17)27-12-14-32-15-13-27)24-22-20-16-28(11-10-21(20)25-26-22)33(30,31)19-4-2-1-3-5-19/h1-9H,10-16H2,(H2,24,25,26,29). The highest BCUT2D eigenvalue weighted by atomic mass is 32.2. The van der Waals surface area contributed by atoms with Crippen LogP contribution in [0.5, 0.6) is 0 Å². The monoisotopic (exact) mass is 467 g/mol. The molecule has 9 nitrogen and oxygen atoms in total. The summed E-state index contributed by atoms with van der Waals surface area (Å²) in [5, 5.41) is 10.0. The molecule has 3 heterocycles. The van der Waals surface area contributed by atoms with Gasteiger partial charge in [0, 0.05) is 55.1 Å². The van der Waals surface area contributed by atoms with Crippen molar-refractivity contribution < 1.29 is 17.9 Å². The molecule has 1 saturated heterocycles. The number of hydrogen-bond donors (Lipinski definition) is 2. The number of nitrogens with one attached hydrogen (secondary N) is 2. The Balaban J connectivity index is 1.30. The molecule has 2 aliphatic rings. The number of fused-ring (bicyclic) bond motifs is 1. The summed E-state index contributed by atoms with van der Waals surface area (Å²) in [4.78, 5) is 15.3. The number of carbonyl (C=O) groups excluding carboxylic acids is 1. The minimum atomic E-state index is -3.63. The maximum Gasteiger partial charge on any atom is 0.256 e. The van der Waals surface area contributed by atoms with Gasteiger partial charge in [0.1, 0.15) is 0 Å². The third kappa shape index (κ3) is 4.37. The molecular formula is C23H25N5O4S. The lowest BCUT2D eigenvalue weighted by Crippen LogP contribution is -2.36. The zero-order valence-electron chi connectivity index (χ0n) is 18.0. The number of hydrogen-bond acceptors (Lipinski definition) is 6. The first kappa shape index (κ1) is 21.6. The normalized spacial score (nSPS) is 16.9. The van der Waals surface area contributed by atoms with Crippen molar-refractivity contribution in [3.63, 3.8) is 0 Å². The Kier molecular flexibility index (Phi) is 5.88. The van der Waals surface area contributed by atoms with Crippen LogP contribution in [0.25, 0.3) is 0 Å². The first-order chi connectivity index (χ1) is 16.0. The van der Waals surface area contributed by atoms with Gasteiger partial charge in [-0.25, -0.2) is 8.42 Å². The summed E-state index contributed by atoms with van der Waals surface area (Å²) >= 11 is 0. The van der Waals surface area contributed by atoms with Crippen LogP contribution < -0.4 is 10.2 Å². The van der Waals surface area contributed by atoms with Crippen molar-refractivity contribution in [1.29, 1.82) is 0 Å². The average molecular weight is 468 g/mol. The van der Waals surface area contributed by atoms with Crippen LogP contribution in [0, 0.1) is 0 Å². The number of morpholine rings is 1. The van der Waals surface area contributed by atoms with Crippen molar-refractivity contribution in [1.82, 2.24) is 14.5 Å². The lowest BCUT2D eigenvalue weighted by Gasteiger charge is -2.28. The zero-order chi connectivity index (χ0) is 22.8. The van der Waals surface area contributed by atoms with Crippen LogP contribution in [-0.2, 0) is 27.7 Å². The van der Waals surface area contributed by atoms with Gasteiger partial charge in [-0.15, -0.1) is 0 Å². The lowest BCUT2D eigenvalue weighted by molar-refractivity contribution is 0.102. The van der Waals surface area contributed by atoms with Crippen molar-refractivity contribution in [3.8, 4) is 0 Å². The van der Waals surface area contributed by atoms with E-state index in [1.165, 1.54) is 4.31 Å². The SMILES string of the molecule is O=C(Nc1n[nH]c2c1CN(S(=O)(=O)c1ccccc1)CC2)c1ccc(N2CCOCC2)cc1. The molecule has 0 atom stereocenters. The molecule has 1 aromatic heterocycles. The van der Waals surface area contributed by atoms with E-state index in [-0.39, 0.29) is 17.3 Å². The maximum absolute atomic E-state index is 13.0. The predicted molar refractivity (Wildman–Crippen MR) is 124 cm³/mol. The lowest BCUT2D eigenvalue weighted by atomic mass is 10.1. The number of rotatable bonds is 5. The summed E-state index contributed by atoms with van der Waals surface area (Å²) in [6, 6.07) is 15.8. The van der Waals surface area contributed by atoms with Gasteiger partial charge in [0.15, 0.2) is 5.82 Å². The number of ether oxygens (including phenoxy) is 1. The first-order valence-corrected chi connectivity index (χ1v) is 12.3. The molecule has 1 amide bonds. The minimum absolute atomic E-state index is 0.147. The Hall–Kier alpha value is -3.21. The van der Waals surface area contributed by atoms with Crippen molar-refractivity contribution in [3.05, 3.63) is 71.4 Å². The van der Waals surface area contributed by atoms with E-state index >= 15 is 0 Å². The number of carbonyl (C=O) groups is 1. The van der Waals surface area contributed by atoms with Gasteiger partial charge in [-0.2, -0.15) is 9.40 Å². The molecule has 172 valence electrons. The molecule has 0 radical (unpaired) electrons. The molecule has 33 heavy (non-hydrogen) atoms. The fourth-order valence-electron chi connectivity index (χ4n) is 4.15. The van der Waals surface area contributed by atoms with E-state index in [9.17, 15) is 13.2 Å². The third-order valence-corrected chi connectivity index (χ3v) is 7.88. The highest BCUT2D eigenvalue weighted by Gasteiger charge is 2.31. The van der Waals surface area contributed by atoms with Crippen LogP contribution in [0.1, 0.15) is 21.6 Å². The zero-order valence-corrected chi connectivity index (χ0v) is 18.8. The number of H-pyrrole nitrogens is 1. The van der Waals surface area contributed by atoms with Gasteiger partial charge in [-0.05, 0) is 36.4 Å². The summed E-state index contributed by atoms with van der Waals surface area (Å²) in [7, 11) is -3.63. The van der Waals surface area contributed by atoms with Gasteiger partial charge in [-0.3, -0.25) is 9.89 Å². The largest absolute Gasteiger partial charge is 0.378 e. The third-order valence-electron chi connectivity index (χ3n) is 6.02. The van der Waals surface area contributed by atoms with Crippen molar-refractivity contribution in [2.45, 2.75) is 17.9 Å². The van der Waals surface area contributed by atoms with E-state index in [0.29, 0.717) is 43.1 Å². The number of nitrogens with zero attached hydrogens (tertiary/aromatic N) is 3. The van der Waals surface area contributed by atoms with E-state index in [2.05, 4.69) is 20.4 Å². The van der Waals surface area contributed by atoms with Crippen LogP contribution in [0.2, 0.25) is 0 Å². The summed E-state index contributed by atoms with van der Waals surface area (Å²) < 4.78 is 32.9. The van der Waals surface area contributed by atoms with Gasteiger partial charge in [0.2, 0.25) is 10.0 Å². The highest BCUT2D eigenvalue weighted by molar-refractivity contribution is 7.89. The van der Waals surface area contributed by atoms with E-state index in [1.807, 2.05) is 12.1 Å². The highest BCUT2D eigenvalue weighted by Crippen LogP contribution is 2.28. The molecule has 3 aromatic rings. The van der Waals surface area contributed by atoms with Crippen molar-refractivity contribution >= 4 is 27.4 Å². The Morgan fingerprint density at radius 2 is 1.73 bits per heavy atom. The van der Waals surface area contributed by atoms with E-state index in [1.54, 1.807) is 42.5 Å². The number of aromatic nitrogens is 2. The Morgan fingerprint density at radius 3 is 2.45 bits per heavy atom. The average Bonchev–Trinajstić information content (AvgIpc) is 3.27. The number of anilines is 2. The fraction of sp³-hybridized carbons (Fsp3) is 0.304. The van der Waals surface area contributed by atoms with Crippen LogP contribution in [0.15, 0.2) is 59.5 Å². The molecule has 2 aromatic carbocycles. The number of aromatic amines is 1. The molecule has 0 spiro atoms. The summed E-state index contributed by atoms with van der Waals surface area (Å²) in [5.41, 5.74) is 3.09. The Bertz CT molecular complexity index is 1240. The number of sulfonamides is 1. The second-order valence-electron chi connectivity index (χ2n) is 8.03. The fourth-order valence-corrected chi connectivity index (χ4v) is 5.58. The smallest absolute Gasteiger partial charge is 0.256 e. The van der Waals surface area contributed by atoms with Crippen LogP contribution >= 0.6 is 0 Å². The Labute approximate surface area is 192 Å². The Morgan fingerprint density at radius 1 is 1.00 bits per heavy atom. The first-order valence-electron chi connectivity index (χ1n) is 10.9. The van der Waals surface area contributed by atoms with Crippen LogP contribution in [-0.4, -0.2) is 61.7 Å². The summed E-state index contributed by atoms with van der Waals surface area (Å²) in [6.07, 6.45) is 0.499. The van der Waals surface area contributed by atoms with Gasteiger partial charge >= 0.3 is 0 Å². The summed E-state index contributed by atoms with van der Waals surface area (Å²) in [5.74, 6) is 0.0704. The molecule has 1 fully saturated rings. The van der Waals surface area contributed by atoms with Gasteiger partial charge in [0.05, 0.1) is 18.1 Å². The van der Waals surface area contributed by atoms with Gasteiger partial charge in [-0.1, -0.05) is 18.2 Å². The number of benzene rings is 2. The quantitative estimate of drug-likeness (QED) is 0.596. The summed E-state index contributed by atoms with van der Waals surface area (Å²) in [6.45, 7) is 3.55. The van der Waals surface area contributed by atoms with Crippen molar-refractivity contribution in [2.75, 3.05) is 43.1 Å².